The van der Waals surface area contributed by atoms with Crippen LogP contribution in [0, 0.1) is 13.8 Å². The van der Waals surface area contributed by atoms with Crippen LogP contribution in [0.4, 0.5) is 0 Å². The summed E-state index contributed by atoms with van der Waals surface area (Å²) in [6, 6.07) is 13.3. The smallest absolute Gasteiger partial charge is 0.337 e. The molecule has 1 aromatic heterocycles. The number of benzene rings is 2. The largest absolute Gasteiger partial charge is 0.493 e. The van der Waals surface area contributed by atoms with Crippen molar-refractivity contribution < 1.29 is 19.4 Å². The van der Waals surface area contributed by atoms with E-state index in [4.69, 9.17) is 21.1 Å². The minimum absolute atomic E-state index is 0.338. The first kappa shape index (κ1) is 22.7. The zero-order chi connectivity index (χ0) is 22.5. The summed E-state index contributed by atoms with van der Waals surface area (Å²) in [5.41, 5.74) is 4.71. The van der Waals surface area contributed by atoms with Crippen molar-refractivity contribution in [3.05, 3.63) is 81.1 Å². The highest BCUT2D eigenvalue weighted by molar-refractivity contribution is 6.30. The van der Waals surface area contributed by atoms with Crippen LogP contribution >= 0.6 is 11.6 Å². The third-order valence-electron chi connectivity index (χ3n) is 5.46. The first-order chi connectivity index (χ1) is 14.9. The second-order valence-corrected chi connectivity index (χ2v) is 7.74. The van der Waals surface area contributed by atoms with E-state index < -0.39 is 5.97 Å². The number of para-hydroxylation sites is 1. The van der Waals surface area contributed by atoms with Crippen molar-refractivity contribution in [1.82, 2.24) is 9.88 Å². The molecule has 0 aliphatic carbocycles. The van der Waals surface area contributed by atoms with Crippen molar-refractivity contribution in [2.45, 2.75) is 33.5 Å². The highest BCUT2D eigenvalue weighted by Gasteiger charge is 2.22. The molecule has 0 fully saturated rings. The third kappa shape index (κ3) is 4.86. The number of hydrogen-bond acceptors (Lipinski definition) is 4. The molecule has 2 aromatic carbocycles. The molecule has 3 rings (SSSR count). The summed E-state index contributed by atoms with van der Waals surface area (Å²) in [5, 5.41) is 13.9. The van der Waals surface area contributed by atoms with Crippen LogP contribution in [0.25, 0.3) is 0 Å². The highest BCUT2D eigenvalue weighted by Crippen LogP contribution is 2.31. The molecule has 0 amide bonds. The maximum Gasteiger partial charge on any atom is 0.337 e. The molecule has 0 saturated heterocycles. The Bertz CT molecular complexity index is 1090. The minimum Gasteiger partial charge on any atom is -0.493 e. The maximum absolute atomic E-state index is 12.0. The van der Waals surface area contributed by atoms with E-state index in [0.717, 1.165) is 28.1 Å². The molecule has 0 aliphatic heterocycles. The van der Waals surface area contributed by atoms with Gasteiger partial charge in [0.25, 0.3) is 0 Å². The van der Waals surface area contributed by atoms with E-state index in [2.05, 4.69) is 5.32 Å². The molecule has 0 spiro atoms. The van der Waals surface area contributed by atoms with Crippen LogP contribution in [0.15, 0.2) is 42.5 Å². The monoisotopic (exact) mass is 442 g/mol. The van der Waals surface area contributed by atoms with Crippen LogP contribution in [0.5, 0.6) is 11.5 Å². The summed E-state index contributed by atoms with van der Waals surface area (Å²) in [6.07, 6.45) is 0. The average Bonchev–Trinajstić information content (AvgIpc) is 2.98. The number of carbonyl (C=O) groups is 1. The quantitative estimate of drug-likeness (QED) is 0.497. The molecule has 1 heterocycles. The molecule has 7 heteroatoms. The van der Waals surface area contributed by atoms with Gasteiger partial charge in [0.1, 0.15) is 0 Å². The summed E-state index contributed by atoms with van der Waals surface area (Å²) in [6.45, 7) is 5.28. The Labute approximate surface area is 187 Å². The molecule has 0 atom stereocenters. The Hall–Kier alpha value is -2.96. The van der Waals surface area contributed by atoms with Gasteiger partial charge >= 0.3 is 5.97 Å². The summed E-state index contributed by atoms with van der Waals surface area (Å²) >= 11 is 6.12. The van der Waals surface area contributed by atoms with E-state index >= 15 is 0 Å². The third-order valence-corrected chi connectivity index (χ3v) is 5.69. The molecule has 31 heavy (non-hydrogen) atoms. The number of ether oxygens (including phenoxy) is 2. The van der Waals surface area contributed by atoms with Gasteiger partial charge in [-0.3, -0.25) is 0 Å². The van der Waals surface area contributed by atoms with Gasteiger partial charge in [0.05, 0.1) is 19.8 Å². The number of nitrogens with zero attached hydrogens (tertiary/aromatic N) is 1. The van der Waals surface area contributed by atoms with Gasteiger partial charge in [0.15, 0.2) is 11.5 Å². The van der Waals surface area contributed by atoms with E-state index in [1.165, 1.54) is 0 Å². The Kier molecular flexibility index (Phi) is 7.25. The van der Waals surface area contributed by atoms with Crippen LogP contribution in [-0.4, -0.2) is 29.9 Å². The maximum atomic E-state index is 12.0. The summed E-state index contributed by atoms with van der Waals surface area (Å²) in [7, 11) is 3.20. The molecule has 0 bridgehead atoms. The lowest BCUT2D eigenvalue weighted by Gasteiger charge is -2.13. The summed E-state index contributed by atoms with van der Waals surface area (Å²) < 4.78 is 12.9. The normalized spacial score (nSPS) is 10.9. The molecule has 2 N–H and O–H groups in total. The zero-order valence-electron chi connectivity index (χ0n) is 18.2. The lowest BCUT2D eigenvalue weighted by atomic mass is 10.1. The van der Waals surface area contributed by atoms with Crippen LogP contribution in [0.1, 0.15) is 38.4 Å². The lowest BCUT2D eigenvalue weighted by molar-refractivity contribution is 0.0694. The van der Waals surface area contributed by atoms with Crippen LogP contribution < -0.4 is 14.8 Å². The van der Waals surface area contributed by atoms with E-state index in [1.54, 1.807) is 14.2 Å². The van der Waals surface area contributed by atoms with Gasteiger partial charge in [-0.1, -0.05) is 35.9 Å². The Morgan fingerprint density at radius 1 is 1.06 bits per heavy atom. The predicted molar refractivity (Wildman–Crippen MR) is 122 cm³/mol. The summed E-state index contributed by atoms with van der Waals surface area (Å²) in [5.74, 6) is 0.399. The van der Waals surface area contributed by atoms with Crippen molar-refractivity contribution in [2.24, 2.45) is 0 Å². The minimum atomic E-state index is -0.929. The standard InChI is InChI=1S/C24H27ClN2O4/c1-15-20(13-26-12-18-8-6-10-21(30-3)23(18)31-4)22(24(28)29)16(2)27(15)14-17-7-5-9-19(25)11-17/h5-11,26H,12-14H2,1-4H3,(H,28,29). The molecule has 6 nitrogen and oxygen atoms in total. The number of aromatic nitrogens is 1. The fourth-order valence-corrected chi connectivity index (χ4v) is 4.13. The van der Waals surface area contributed by atoms with Crippen molar-refractivity contribution in [3.63, 3.8) is 0 Å². The number of carboxylic acid groups (broad SMARTS) is 1. The van der Waals surface area contributed by atoms with Crippen LogP contribution in [-0.2, 0) is 19.6 Å². The molecule has 3 aromatic rings. The van der Waals surface area contributed by atoms with E-state index in [-0.39, 0.29) is 0 Å². The molecular formula is C24H27ClN2O4. The zero-order valence-corrected chi connectivity index (χ0v) is 18.9. The fraction of sp³-hybridized carbons (Fsp3) is 0.292. The fourth-order valence-electron chi connectivity index (χ4n) is 3.92. The Morgan fingerprint density at radius 2 is 1.81 bits per heavy atom. The Balaban J connectivity index is 1.85. The SMILES string of the molecule is COc1cccc(CNCc2c(C(=O)O)c(C)n(Cc3cccc(Cl)c3)c2C)c1OC. The first-order valence-corrected chi connectivity index (χ1v) is 10.3. The van der Waals surface area contributed by atoms with E-state index in [0.29, 0.717) is 41.7 Å². The van der Waals surface area contributed by atoms with Gasteiger partial charge in [-0.15, -0.1) is 0 Å². The second kappa shape index (κ2) is 9.90. The second-order valence-electron chi connectivity index (χ2n) is 7.30. The number of methoxy groups -OCH3 is 2. The first-order valence-electron chi connectivity index (χ1n) is 9.94. The lowest BCUT2D eigenvalue weighted by Crippen LogP contribution is -2.16. The van der Waals surface area contributed by atoms with Gasteiger partial charge in [-0.2, -0.15) is 0 Å². The van der Waals surface area contributed by atoms with Crippen LogP contribution in [0.3, 0.4) is 0 Å². The molecule has 164 valence electrons. The molecular weight excluding hydrogens is 416 g/mol. The van der Waals surface area contributed by atoms with E-state index in [9.17, 15) is 9.90 Å². The van der Waals surface area contributed by atoms with Crippen molar-refractivity contribution >= 4 is 17.6 Å². The number of aromatic carboxylic acids is 1. The van der Waals surface area contributed by atoms with Gasteiger partial charge in [-0.05, 0) is 37.6 Å². The number of nitrogens with one attached hydrogen (secondary N) is 1. The molecule has 0 saturated carbocycles. The number of hydrogen-bond donors (Lipinski definition) is 2. The number of carboxylic acids is 1. The van der Waals surface area contributed by atoms with Crippen molar-refractivity contribution in [1.29, 1.82) is 0 Å². The van der Waals surface area contributed by atoms with Crippen molar-refractivity contribution in [3.8, 4) is 11.5 Å². The molecule has 0 aliphatic rings. The topological polar surface area (TPSA) is 72.7 Å². The van der Waals surface area contributed by atoms with Crippen molar-refractivity contribution in [2.75, 3.05) is 14.2 Å². The number of halogens is 1. The Morgan fingerprint density at radius 3 is 2.45 bits per heavy atom. The number of rotatable bonds is 9. The highest BCUT2D eigenvalue weighted by atomic mass is 35.5. The van der Waals surface area contributed by atoms with E-state index in [1.807, 2.05) is 60.9 Å². The predicted octanol–water partition coefficient (Wildman–Crippen LogP) is 4.81. The molecule has 0 unspecified atom stereocenters. The van der Waals surface area contributed by atoms with Crippen LogP contribution in [0.2, 0.25) is 5.02 Å². The average molecular weight is 443 g/mol. The molecule has 0 radical (unpaired) electrons. The van der Waals surface area contributed by atoms with Gasteiger partial charge in [-0.25, -0.2) is 4.79 Å². The van der Waals surface area contributed by atoms with Gasteiger partial charge < -0.3 is 24.5 Å². The van der Waals surface area contributed by atoms with Gasteiger partial charge in [0.2, 0.25) is 0 Å². The summed E-state index contributed by atoms with van der Waals surface area (Å²) in [4.78, 5) is 12.0. The van der Waals surface area contributed by atoms with Gasteiger partial charge in [0, 0.05) is 47.2 Å².